The second-order valence-corrected chi connectivity index (χ2v) is 3.29. The third-order valence-corrected chi connectivity index (χ3v) is 1.94. The number of rotatable bonds is 5. The molecule has 0 saturated carbocycles. The van der Waals surface area contributed by atoms with Crippen molar-refractivity contribution in [1.29, 1.82) is 0 Å². The fraction of sp³-hybridized carbons (Fsp3) is 0.909. The van der Waals surface area contributed by atoms with Crippen LogP contribution in [-0.2, 0) is 4.79 Å². The summed E-state index contributed by atoms with van der Waals surface area (Å²) in [4.78, 5) is 11.4. The van der Waals surface area contributed by atoms with Crippen LogP contribution in [0.1, 0.15) is 46.5 Å². The van der Waals surface area contributed by atoms with Gasteiger partial charge in [-0.15, -0.1) is 0 Å². The van der Waals surface area contributed by atoms with E-state index in [1.54, 1.807) is 0 Å². The van der Waals surface area contributed by atoms with Gasteiger partial charge in [-0.3, -0.25) is 4.79 Å². The van der Waals surface area contributed by atoms with Crippen LogP contribution < -0.4 is 0 Å². The van der Waals surface area contributed by atoms with Crippen LogP contribution in [0.2, 0.25) is 0 Å². The first-order valence-electron chi connectivity index (χ1n) is 5.72. The molecule has 5 heteroatoms. The summed E-state index contributed by atoms with van der Waals surface area (Å²) in [5.41, 5.74) is 0. The molecule has 0 fully saturated rings. The van der Waals surface area contributed by atoms with E-state index in [1.165, 1.54) is 7.05 Å². The molecule has 2 nitrogen and oxygen atoms in total. The number of carbonyl (C=O) groups is 1. The van der Waals surface area contributed by atoms with Gasteiger partial charge in [0.1, 0.15) is 0 Å². The van der Waals surface area contributed by atoms with Crippen LogP contribution in [0, 0.1) is 0 Å². The van der Waals surface area contributed by atoms with Crippen LogP contribution in [0.15, 0.2) is 0 Å². The molecule has 0 spiro atoms. The molecule has 0 aromatic rings. The van der Waals surface area contributed by atoms with Crippen molar-refractivity contribution in [2.45, 2.75) is 52.6 Å². The summed E-state index contributed by atoms with van der Waals surface area (Å²) >= 11 is 0. The normalized spacial score (nSPS) is 10.4. The lowest BCUT2D eigenvalue weighted by Crippen LogP contribution is -2.38. The van der Waals surface area contributed by atoms with E-state index in [-0.39, 0.29) is 6.54 Å². The molecule has 98 valence electrons. The third kappa shape index (κ3) is 8.56. The van der Waals surface area contributed by atoms with Crippen LogP contribution in [-0.4, -0.2) is 30.6 Å². The molecule has 16 heavy (non-hydrogen) atoms. The first-order chi connectivity index (χ1) is 7.39. The number of halogens is 3. The Bertz CT molecular complexity index is 181. The molecule has 0 heterocycles. The van der Waals surface area contributed by atoms with E-state index in [4.69, 9.17) is 0 Å². The van der Waals surface area contributed by atoms with Gasteiger partial charge in [0.2, 0.25) is 0 Å². The molecule has 0 bridgehead atoms. The zero-order chi connectivity index (χ0) is 13.2. The summed E-state index contributed by atoms with van der Waals surface area (Å²) in [6.45, 7) is 6.20. The van der Waals surface area contributed by atoms with E-state index in [1.807, 2.05) is 20.8 Å². The number of alkyl halides is 3. The van der Waals surface area contributed by atoms with E-state index < -0.39 is 12.1 Å². The minimum absolute atomic E-state index is 0.179. The molecular weight excluding hydrogens is 219 g/mol. The average Bonchev–Trinajstić information content (AvgIpc) is 2.24. The molecule has 0 aliphatic heterocycles. The molecule has 0 radical (unpaired) electrons. The van der Waals surface area contributed by atoms with Crippen LogP contribution in [0.5, 0.6) is 0 Å². The highest BCUT2D eigenvalue weighted by Gasteiger charge is 2.40. The molecule has 0 aromatic heterocycles. The van der Waals surface area contributed by atoms with E-state index in [9.17, 15) is 18.0 Å². The Morgan fingerprint density at radius 2 is 1.62 bits per heavy atom. The predicted octanol–water partition coefficient (Wildman–Crippen LogP) is 3.61. The third-order valence-electron chi connectivity index (χ3n) is 1.94. The standard InChI is InChI=1S/C9H16F3NO.C2H6/c1-3-4-5-6-7-13(2)8(14)9(10,11)12;1-2/h3-7H2,1-2H3;1-2H3. The zero-order valence-electron chi connectivity index (χ0n) is 10.5. The molecule has 0 atom stereocenters. The van der Waals surface area contributed by atoms with Gasteiger partial charge in [-0.1, -0.05) is 40.0 Å². The molecule has 0 rings (SSSR count). The molecule has 0 aliphatic carbocycles. The number of unbranched alkanes of at least 4 members (excludes halogenated alkanes) is 3. The Hall–Kier alpha value is -0.740. The number of hydrogen-bond donors (Lipinski definition) is 0. The zero-order valence-corrected chi connectivity index (χ0v) is 10.5. The summed E-state index contributed by atoms with van der Waals surface area (Å²) in [5, 5.41) is 0. The Balaban J connectivity index is 0. The lowest BCUT2D eigenvalue weighted by molar-refractivity contribution is -0.184. The summed E-state index contributed by atoms with van der Waals surface area (Å²) in [6, 6.07) is 0. The van der Waals surface area contributed by atoms with Crippen LogP contribution in [0.25, 0.3) is 0 Å². The highest BCUT2D eigenvalue weighted by Crippen LogP contribution is 2.17. The van der Waals surface area contributed by atoms with Gasteiger partial charge in [-0.25, -0.2) is 0 Å². The number of amides is 1. The van der Waals surface area contributed by atoms with Crippen LogP contribution >= 0.6 is 0 Å². The van der Waals surface area contributed by atoms with Gasteiger partial charge in [0, 0.05) is 13.6 Å². The maximum Gasteiger partial charge on any atom is 0.471 e. The Kier molecular flexibility index (Phi) is 10.5. The Morgan fingerprint density at radius 1 is 1.12 bits per heavy atom. The van der Waals surface area contributed by atoms with Crippen molar-refractivity contribution in [2.24, 2.45) is 0 Å². The number of hydrogen-bond acceptors (Lipinski definition) is 1. The molecule has 1 amide bonds. The van der Waals surface area contributed by atoms with Gasteiger partial charge in [-0.05, 0) is 6.42 Å². The monoisotopic (exact) mass is 241 g/mol. The van der Waals surface area contributed by atoms with Gasteiger partial charge in [0.15, 0.2) is 0 Å². The van der Waals surface area contributed by atoms with Crippen LogP contribution in [0.4, 0.5) is 13.2 Å². The van der Waals surface area contributed by atoms with Gasteiger partial charge in [0.05, 0.1) is 0 Å². The first kappa shape index (κ1) is 17.6. The van der Waals surface area contributed by atoms with Crippen molar-refractivity contribution >= 4 is 5.91 Å². The lowest BCUT2D eigenvalue weighted by atomic mass is 10.2. The predicted molar refractivity (Wildman–Crippen MR) is 59.2 cm³/mol. The molecule has 0 N–H and O–H groups in total. The van der Waals surface area contributed by atoms with Crippen molar-refractivity contribution < 1.29 is 18.0 Å². The number of nitrogens with zero attached hydrogens (tertiary/aromatic N) is 1. The lowest BCUT2D eigenvalue weighted by Gasteiger charge is -2.18. The van der Waals surface area contributed by atoms with E-state index >= 15 is 0 Å². The maximum absolute atomic E-state index is 11.9. The van der Waals surface area contributed by atoms with Crippen molar-refractivity contribution in [3.8, 4) is 0 Å². The fourth-order valence-corrected chi connectivity index (χ4v) is 1.09. The largest absolute Gasteiger partial charge is 0.471 e. The van der Waals surface area contributed by atoms with E-state index in [0.717, 1.165) is 24.2 Å². The van der Waals surface area contributed by atoms with Crippen molar-refractivity contribution in [2.75, 3.05) is 13.6 Å². The molecular formula is C11H22F3NO. The van der Waals surface area contributed by atoms with Crippen LogP contribution in [0.3, 0.4) is 0 Å². The van der Waals surface area contributed by atoms with Gasteiger partial charge in [0.25, 0.3) is 0 Å². The summed E-state index contributed by atoms with van der Waals surface area (Å²) < 4.78 is 35.7. The van der Waals surface area contributed by atoms with Gasteiger partial charge >= 0.3 is 12.1 Å². The summed E-state index contributed by atoms with van der Waals surface area (Å²) in [5.74, 6) is -1.76. The molecule has 0 aliphatic rings. The number of carbonyl (C=O) groups excluding carboxylic acids is 1. The van der Waals surface area contributed by atoms with Crippen molar-refractivity contribution in [3.63, 3.8) is 0 Å². The fourth-order valence-electron chi connectivity index (χ4n) is 1.09. The SMILES string of the molecule is CC.CCCCCCN(C)C(=O)C(F)(F)F. The topological polar surface area (TPSA) is 20.3 Å². The summed E-state index contributed by atoms with van der Waals surface area (Å²) in [7, 11) is 1.18. The minimum atomic E-state index is -4.74. The summed E-state index contributed by atoms with van der Waals surface area (Å²) in [6.07, 6.45) is -1.22. The molecule has 0 unspecified atom stereocenters. The van der Waals surface area contributed by atoms with E-state index in [0.29, 0.717) is 6.42 Å². The van der Waals surface area contributed by atoms with Gasteiger partial charge < -0.3 is 4.90 Å². The second-order valence-electron chi connectivity index (χ2n) is 3.29. The molecule has 0 aromatic carbocycles. The molecule has 0 saturated heterocycles. The Morgan fingerprint density at radius 3 is 2.00 bits per heavy atom. The highest BCUT2D eigenvalue weighted by molar-refractivity contribution is 5.81. The van der Waals surface area contributed by atoms with Gasteiger partial charge in [-0.2, -0.15) is 13.2 Å². The smallest absolute Gasteiger partial charge is 0.338 e. The first-order valence-corrected chi connectivity index (χ1v) is 5.72. The average molecular weight is 241 g/mol. The van der Waals surface area contributed by atoms with Crippen molar-refractivity contribution in [3.05, 3.63) is 0 Å². The Labute approximate surface area is 95.8 Å². The minimum Gasteiger partial charge on any atom is -0.338 e. The highest BCUT2D eigenvalue weighted by atomic mass is 19.4. The van der Waals surface area contributed by atoms with Crippen molar-refractivity contribution in [1.82, 2.24) is 4.90 Å². The quantitative estimate of drug-likeness (QED) is 0.673. The van der Waals surface area contributed by atoms with E-state index in [2.05, 4.69) is 0 Å². The second kappa shape index (κ2) is 9.48. The maximum atomic E-state index is 11.9.